The zero-order chi connectivity index (χ0) is 12.8. The number of aryl methyl sites for hydroxylation is 1. The van der Waals surface area contributed by atoms with E-state index in [1.165, 1.54) is 0 Å². The van der Waals surface area contributed by atoms with Gasteiger partial charge in [0.2, 0.25) is 5.91 Å². The Labute approximate surface area is 105 Å². The fraction of sp³-hybridized carbons (Fsp3) is 0.333. The SMILES string of the molecule is Cc1ccc(NC(CCC=O)C(N)=O)cc1Cl. The topological polar surface area (TPSA) is 72.2 Å². The van der Waals surface area contributed by atoms with Crippen molar-refractivity contribution in [3.63, 3.8) is 0 Å². The highest BCUT2D eigenvalue weighted by Gasteiger charge is 2.14. The second-order valence-electron chi connectivity index (χ2n) is 3.81. The molecule has 17 heavy (non-hydrogen) atoms. The third-order valence-corrected chi connectivity index (χ3v) is 2.84. The van der Waals surface area contributed by atoms with Crippen LogP contribution in [0.4, 0.5) is 5.69 Å². The number of aldehydes is 1. The van der Waals surface area contributed by atoms with Gasteiger partial charge in [0, 0.05) is 17.1 Å². The van der Waals surface area contributed by atoms with Crippen LogP contribution in [-0.4, -0.2) is 18.2 Å². The summed E-state index contributed by atoms with van der Waals surface area (Å²) >= 11 is 5.97. The molecule has 1 aromatic rings. The average molecular weight is 255 g/mol. The van der Waals surface area contributed by atoms with Gasteiger partial charge in [-0.15, -0.1) is 0 Å². The molecule has 0 spiro atoms. The van der Waals surface area contributed by atoms with Gasteiger partial charge < -0.3 is 15.8 Å². The van der Waals surface area contributed by atoms with Gasteiger partial charge >= 0.3 is 0 Å². The molecule has 0 bridgehead atoms. The zero-order valence-electron chi connectivity index (χ0n) is 9.57. The first kappa shape index (κ1) is 13.5. The molecule has 5 heteroatoms. The van der Waals surface area contributed by atoms with Crippen LogP contribution in [0.1, 0.15) is 18.4 Å². The minimum absolute atomic E-state index is 0.292. The molecule has 0 aliphatic rings. The molecule has 0 heterocycles. The Morgan fingerprint density at radius 1 is 1.59 bits per heavy atom. The number of halogens is 1. The molecule has 0 aromatic heterocycles. The zero-order valence-corrected chi connectivity index (χ0v) is 10.3. The Bertz CT molecular complexity index is 421. The van der Waals surface area contributed by atoms with E-state index in [2.05, 4.69) is 5.32 Å². The first-order valence-corrected chi connectivity index (χ1v) is 5.68. The molecule has 0 aliphatic carbocycles. The van der Waals surface area contributed by atoms with Crippen LogP contribution in [0.15, 0.2) is 18.2 Å². The van der Waals surface area contributed by atoms with Gasteiger partial charge in [-0.3, -0.25) is 4.79 Å². The first-order chi connectivity index (χ1) is 8.04. The maximum Gasteiger partial charge on any atom is 0.239 e. The van der Waals surface area contributed by atoms with Crippen LogP contribution in [0.2, 0.25) is 5.02 Å². The lowest BCUT2D eigenvalue weighted by Gasteiger charge is -2.16. The van der Waals surface area contributed by atoms with E-state index in [0.29, 0.717) is 17.9 Å². The Hall–Kier alpha value is -1.55. The fourth-order valence-electron chi connectivity index (χ4n) is 1.40. The second-order valence-corrected chi connectivity index (χ2v) is 4.21. The van der Waals surface area contributed by atoms with Crippen molar-refractivity contribution in [1.82, 2.24) is 0 Å². The van der Waals surface area contributed by atoms with Crippen LogP contribution in [0, 0.1) is 6.92 Å². The molecule has 1 aromatic carbocycles. The van der Waals surface area contributed by atoms with E-state index < -0.39 is 11.9 Å². The smallest absolute Gasteiger partial charge is 0.239 e. The molecule has 0 radical (unpaired) electrons. The van der Waals surface area contributed by atoms with Crippen LogP contribution >= 0.6 is 11.6 Å². The number of nitrogens with one attached hydrogen (secondary N) is 1. The standard InChI is InChI=1S/C12H15ClN2O2/c1-8-4-5-9(7-10(8)13)15-11(12(14)17)3-2-6-16/h4-7,11,15H,2-3H2,1H3,(H2,14,17). The van der Waals surface area contributed by atoms with Crippen LogP contribution in [0.25, 0.3) is 0 Å². The molecule has 0 saturated carbocycles. The quantitative estimate of drug-likeness (QED) is 0.762. The largest absolute Gasteiger partial charge is 0.374 e. The normalized spacial score (nSPS) is 11.9. The van der Waals surface area contributed by atoms with Gasteiger partial charge in [-0.2, -0.15) is 0 Å². The molecular formula is C12H15ClN2O2. The van der Waals surface area contributed by atoms with Gasteiger partial charge in [-0.05, 0) is 31.0 Å². The van der Waals surface area contributed by atoms with Crippen molar-refractivity contribution in [2.45, 2.75) is 25.8 Å². The number of anilines is 1. The van der Waals surface area contributed by atoms with Crippen molar-refractivity contribution in [2.24, 2.45) is 5.73 Å². The highest BCUT2D eigenvalue weighted by molar-refractivity contribution is 6.31. The molecule has 0 fully saturated rings. The highest BCUT2D eigenvalue weighted by atomic mass is 35.5. The van der Waals surface area contributed by atoms with Gasteiger partial charge in [-0.25, -0.2) is 0 Å². The van der Waals surface area contributed by atoms with Crippen molar-refractivity contribution in [3.05, 3.63) is 28.8 Å². The lowest BCUT2D eigenvalue weighted by molar-refractivity contribution is -0.118. The van der Waals surface area contributed by atoms with Gasteiger partial charge in [0.15, 0.2) is 0 Å². The van der Waals surface area contributed by atoms with Gasteiger partial charge in [-0.1, -0.05) is 17.7 Å². The summed E-state index contributed by atoms with van der Waals surface area (Å²) in [6.07, 6.45) is 1.43. The van der Waals surface area contributed by atoms with Crippen molar-refractivity contribution < 1.29 is 9.59 Å². The maximum atomic E-state index is 11.2. The van der Waals surface area contributed by atoms with Crippen molar-refractivity contribution in [2.75, 3.05) is 5.32 Å². The summed E-state index contributed by atoms with van der Waals surface area (Å²) in [5.74, 6) is -0.483. The van der Waals surface area contributed by atoms with Gasteiger partial charge in [0.25, 0.3) is 0 Å². The number of rotatable bonds is 6. The Balaban J connectivity index is 2.74. The van der Waals surface area contributed by atoms with E-state index in [-0.39, 0.29) is 0 Å². The van der Waals surface area contributed by atoms with E-state index in [1.807, 2.05) is 19.1 Å². The van der Waals surface area contributed by atoms with E-state index >= 15 is 0 Å². The van der Waals surface area contributed by atoms with Crippen LogP contribution in [0.3, 0.4) is 0 Å². The van der Waals surface area contributed by atoms with Crippen molar-refractivity contribution in [1.29, 1.82) is 0 Å². The summed E-state index contributed by atoms with van der Waals surface area (Å²) in [6, 6.07) is 4.84. The number of carbonyl (C=O) groups is 2. The van der Waals surface area contributed by atoms with E-state index in [1.54, 1.807) is 6.07 Å². The number of hydrogen-bond donors (Lipinski definition) is 2. The summed E-state index contributed by atoms with van der Waals surface area (Å²) < 4.78 is 0. The molecule has 0 aliphatic heterocycles. The fourth-order valence-corrected chi connectivity index (χ4v) is 1.58. The molecule has 1 atom stereocenters. The maximum absolute atomic E-state index is 11.2. The summed E-state index contributed by atoms with van der Waals surface area (Å²) in [5.41, 5.74) is 6.92. The summed E-state index contributed by atoms with van der Waals surface area (Å²) in [6.45, 7) is 1.89. The van der Waals surface area contributed by atoms with E-state index in [4.69, 9.17) is 17.3 Å². The highest BCUT2D eigenvalue weighted by Crippen LogP contribution is 2.20. The summed E-state index contributed by atoms with van der Waals surface area (Å²) in [5, 5.41) is 3.58. The lowest BCUT2D eigenvalue weighted by Crippen LogP contribution is -2.35. The molecule has 92 valence electrons. The number of primary amides is 1. The molecular weight excluding hydrogens is 240 g/mol. The van der Waals surface area contributed by atoms with Gasteiger partial charge in [0.1, 0.15) is 12.3 Å². The number of benzene rings is 1. The second kappa shape index (κ2) is 6.25. The molecule has 1 unspecified atom stereocenters. The van der Waals surface area contributed by atoms with E-state index in [0.717, 1.165) is 17.5 Å². The van der Waals surface area contributed by atoms with Crippen molar-refractivity contribution >= 4 is 29.5 Å². The third-order valence-electron chi connectivity index (χ3n) is 2.43. The number of amides is 1. The Morgan fingerprint density at radius 2 is 2.29 bits per heavy atom. The Morgan fingerprint density at radius 3 is 2.82 bits per heavy atom. The van der Waals surface area contributed by atoms with Crippen LogP contribution in [-0.2, 0) is 9.59 Å². The molecule has 1 amide bonds. The summed E-state index contributed by atoms with van der Waals surface area (Å²) in [7, 11) is 0. The third kappa shape index (κ3) is 4.07. The predicted molar refractivity (Wildman–Crippen MR) is 68.1 cm³/mol. The molecule has 0 saturated heterocycles. The minimum atomic E-state index is -0.557. The molecule has 4 nitrogen and oxygen atoms in total. The van der Waals surface area contributed by atoms with Crippen LogP contribution < -0.4 is 11.1 Å². The first-order valence-electron chi connectivity index (χ1n) is 5.30. The molecule has 1 rings (SSSR count). The van der Waals surface area contributed by atoms with Crippen LogP contribution in [0.5, 0.6) is 0 Å². The number of hydrogen-bond acceptors (Lipinski definition) is 3. The minimum Gasteiger partial charge on any atom is -0.374 e. The summed E-state index contributed by atoms with van der Waals surface area (Å²) in [4.78, 5) is 21.5. The van der Waals surface area contributed by atoms with Crippen molar-refractivity contribution in [3.8, 4) is 0 Å². The molecule has 3 N–H and O–H groups in total. The van der Waals surface area contributed by atoms with Gasteiger partial charge in [0.05, 0.1) is 0 Å². The number of nitrogens with two attached hydrogens (primary N) is 1. The van der Waals surface area contributed by atoms with E-state index in [9.17, 15) is 9.59 Å². The Kier molecular flexibility index (Phi) is 4.97. The average Bonchev–Trinajstić information content (AvgIpc) is 2.28. The monoisotopic (exact) mass is 254 g/mol. The number of carbonyl (C=O) groups excluding carboxylic acids is 2. The predicted octanol–water partition coefficient (Wildman–Crippen LogP) is 1.89. The lowest BCUT2D eigenvalue weighted by atomic mass is 10.1.